The van der Waals surface area contributed by atoms with E-state index in [2.05, 4.69) is 22.3 Å². The zero-order valence-electron chi connectivity index (χ0n) is 13.3. The molecule has 1 aliphatic heterocycles. The van der Waals surface area contributed by atoms with E-state index >= 15 is 0 Å². The molecule has 1 N–H and O–H groups in total. The van der Waals surface area contributed by atoms with Gasteiger partial charge in [-0.15, -0.1) is 0 Å². The lowest BCUT2D eigenvalue weighted by atomic mass is 10.2. The molecule has 0 saturated carbocycles. The largest absolute Gasteiger partial charge is 0.379 e. The number of hydrogen-bond donors (Lipinski definition) is 1. The SMILES string of the molecule is CCS(=O)(=O)c1ccccc1N[C@@H]1CCN(c2ccccc2)C1. The summed E-state index contributed by atoms with van der Waals surface area (Å²) in [6.45, 7) is 3.54. The predicted molar refractivity (Wildman–Crippen MR) is 94.9 cm³/mol. The second-order valence-electron chi connectivity index (χ2n) is 5.81. The van der Waals surface area contributed by atoms with Crippen LogP contribution in [0.4, 0.5) is 11.4 Å². The van der Waals surface area contributed by atoms with Gasteiger partial charge < -0.3 is 10.2 Å². The molecule has 1 aliphatic rings. The van der Waals surface area contributed by atoms with E-state index in [9.17, 15) is 8.42 Å². The summed E-state index contributed by atoms with van der Waals surface area (Å²) in [5.74, 6) is 0.118. The van der Waals surface area contributed by atoms with Crippen LogP contribution in [0.15, 0.2) is 59.5 Å². The Morgan fingerprint density at radius 3 is 2.52 bits per heavy atom. The first-order chi connectivity index (χ1) is 11.1. The summed E-state index contributed by atoms with van der Waals surface area (Å²) in [7, 11) is -3.21. The van der Waals surface area contributed by atoms with Crippen molar-refractivity contribution in [2.24, 2.45) is 0 Å². The second-order valence-corrected chi connectivity index (χ2v) is 8.06. The number of rotatable bonds is 5. The van der Waals surface area contributed by atoms with Gasteiger partial charge in [0.05, 0.1) is 16.3 Å². The number of sulfone groups is 1. The number of benzene rings is 2. The van der Waals surface area contributed by atoms with Crippen LogP contribution in [-0.4, -0.2) is 33.3 Å². The molecule has 1 heterocycles. The Bertz CT molecular complexity index is 760. The minimum Gasteiger partial charge on any atom is -0.379 e. The van der Waals surface area contributed by atoms with Gasteiger partial charge in [0.15, 0.2) is 9.84 Å². The fraction of sp³-hybridized carbons (Fsp3) is 0.333. The maximum absolute atomic E-state index is 12.2. The second kappa shape index (κ2) is 6.62. The zero-order valence-corrected chi connectivity index (χ0v) is 14.1. The van der Waals surface area contributed by atoms with Gasteiger partial charge in [0.2, 0.25) is 0 Å². The van der Waals surface area contributed by atoms with Gasteiger partial charge in [0.1, 0.15) is 0 Å². The highest BCUT2D eigenvalue weighted by atomic mass is 32.2. The first-order valence-corrected chi connectivity index (χ1v) is 9.63. The van der Waals surface area contributed by atoms with Crippen molar-refractivity contribution in [2.75, 3.05) is 29.1 Å². The van der Waals surface area contributed by atoms with Crippen LogP contribution >= 0.6 is 0 Å². The van der Waals surface area contributed by atoms with Crippen molar-refractivity contribution in [3.8, 4) is 0 Å². The van der Waals surface area contributed by atoms with Crippen LogP contribution in [0.3, 0.4) is 0 Å². The maximum atomic E-state index is 12.2. The average Bonchev–Trinajstić information content (AvgIpc) is 3.04. The van der Waals surface area contributed by atoms with Crippen molar-refractivity contribution in [2.45, 2.75) is 24.3 Å². The summed E-state index contributed by atoms with van der Waals surface area (Å²) in [4.78, 5) is 2.73. The first kappa shape index (κ1) is 15.9. The lowest BCUT2D eigenvalue weighted by Gasteiger charge is -2.20. The minimum atomic E-state index is -3.21. The van der Waals surface area contributed by atoms with Gasteiger partial charge in [0.25, 0.3) is 0 Å². The molecular weight excluding hydrogens is 308 g/mol. The van der Waals surface area contributed by atoms with Crippen molar-refractivity contribution >= 4 is 21.2 Å². The van der Waals surface area contributed by atoms with E-state index < -0.39 is 9.84 Å². The Hall–Kier alpha value is -2.01. The molecule has 0 aliphatic carbocycles. The van der Waals surface area contributed by atoms with Gasteiger partial charge >= 0.3 is 0 Å². The summed E-state index contributed by atoms with van der Waals surface area (Å²) in [5.41, 5.74) is 1.93. The van der Waals surface area contributed by atoms with Crippen LogP contribution < -0.4 is 10.2 Å². The van der Waals surface area contributed by atoms with E-state index in [0.717, 1.165) is 19.5 Å². The van der Waals surface area contributed by atoms with Crippen molar-refractivity contribution in [1.82, 2.24) is 0 Å². The summed E-state index contributed by atoms with van der Waals surface area (Å²) in [6, 6.07) is 17.8. The molecule has 1 fully saturated rings. The maximum Gasteiger partial charge on any atom is 0.180 e. The topological polar surface area (TPSA) is 49.4 Å². The lowest BCUT2D eigenvalue weighted by molar-refractivity contribution is 0.597. The molecule has 4 nitrogen and oxygen atoms in total. The molecule has 122 valence electrons. The summed E-state index contributed by atoms with van der Waals surface area (Å²) >= 11 is 0. The van der Waals surface area contributed by atoms with Crippen molar-refractivity contribution in [3.63, 3.8) is 0 Å². The smallest absolute Gasteiger partial charge is 0.180 e. The van der Waals surface area contributed by atoms with E-state index in [-0.39, 0.29) is 11.8 Å². The minimum absolute atomic E-state index is 0.118. The van der Waals surface area contributed by atoms with Crippen molar-refractivity contribution < 1.29 is 8.42 Å². The van der Waals surface area contributed by atoms with Crippen LogP contribution in [0, 0.1) is 0 Å². The molecule has 0 unspecified atom stereocenters. The first-order valence-electron chi connectivity index (χ1n) is 7.98. The monoisotopic (exact) mass is 330 g/mol. The predicted octanol–water partition coefficient (Wildman–Crippen LogP) is 3.17. The Morgan fingerprint density at radius 1 is 1.09 bits per heavy atom. The molecule has 0 amide bonds. The third-order valence-electron chi connectivity index (χ3n) is 4.27. The van der Waals surface area contributed by atoms with Gasteiger partial charge in [0, 0.05) is 24.8 Å². The van der Waals surface area contributed by atoms with Crippen molar-refractivity contribution in [1.29, 1.82) is 0 Å². The molecule has 0 radical (unpaired) electrons. The highest BCUT2D eigenvalue weighted by Crippen LogP contribution is 2.26. The van der Waals surface area contributed by atoms with Crippen LogP contribution in [0.25, 0.3) is 0 Å². The van der Waals surface area contributed by atoms with Gasteiger partial charge in [-0.3, -0.25) is 0 Å². The third kappa shape index (κ3) is 3.50. The molecule has 2 aromatic rings. The fourth-order valence-electron chi connectivity index (χ4n) is 2.98. The quantitative estimate of drug-likeness (QED) is 0.915. The lowest BCUT2D eigenvalue weighted by Crippen LogP contribution is -2.26. The molecule has 1 saturated heterocycles. The number of para-hydroxylation sites is 2. The van der Waals surface area contributed by atoms with E-state index in [1.165, 1.54) is 5.69 Å². The molecule has 0 bridgehead atoms. The van der Waals surface area contributed by atoms with E-state index in [1.807, 2.05) is 30.3 Å². The number of nitrogens with one attached hydrogen (secondary N) is 1. The Balaban J connectivity index is 1.75. The normalized spacial score (nSPS) is 18.1. The van der Waals surface area contributed by atoms with Crippen LogP contribution in [0.2, 0.25) is 0 Å². The molecule has 0 spiro atoms. The molecule has 0 aromatic heterocycles. The van der Waals surface area contributed by atoms with Crippen LogP contribution in [0.5, 0.6) is 0 Å². The van der Waals surface area contributed by atoms with Gasteiger partial charge in [-0.05, 0) is 30.7 Å². The van der Waals surface area contributed by atoms with E-state index in [4.69, 9.17) is 0 Å². The Morgan fingerprint density at radius 2 is 1.78 bits per heavy atom. The fourth-order valence-corrected chi connectivity index (χ4v) is 4.04. The Labute approximate surface area is 138 Å². The van der Waals surface area contributed by atoms with Crippen LogP contribution in [-0.2, 0) is 9.84 Å². The highest BCUT2D eigenvalue weighted by Gasteiger charge is 2.24. The molecule has 1 atom stereocenters. The molecule has 23 heavy (non-hydrogen) atoms. The standard InChI is InChI=1S/C18H22N2O2S/c1-2-23(21,22)18-11-7-6-10-17(18)19-15-12-13-20(14-15)16-8-4-3-5-9-16/h3-11,15,19H,2,12-14H2,1H3/t15-/m1/s1. The zero-order chi connectivity index (χ0) is 16.3. The highest BCUT2D eigenvalue weighted by molar-refractivity contribution is 7.91. The molecule has 5 heteroatoms. The molecular formula is C18H22N2O2S. The summed E-state index contributed by atoms with van der Waals surface area (Å²) < 4.78 is 24.5. The van der Waals surface area contributed by atoms with Gasteiger partial charge in [-0.1, -0.05) is 37.3 Å². The molecule has 3 rings (SSSR count). The number of anilines is 2. The van der Waals surface area contributed by atoms with Crippen LogP contribution in [0.1, 0.15) is 13.3 Å². The number of hydrogen-bond acceptors (Lipinski definition) is 4. The third-order valence-corrected chi connectivity index (χ3v) is 6.06. The molecule has 2 aromatic carbocycles. The summed E-state index contributed by atoms with van der Waals surface area (Å²) in [5, 5.41) is 3.43. The number of nitrogens with zero attached hydrogens (tertiary/aromatic N) is 1. The summed E-state index contributed by atoms with van der Waals surface area (Å²) in [6.07, 6.45) is 0.995. The van der Waals surface area contributed by atoms with Crippen molar-refractivity contribution in [3.05, 3.63) is 54.6 Å². The van der Waals surface area contributed by atoms with E-state index in [1.54, 1.807) is 19.1 Å². The van der Waals surface area contributed by atoms with E-state index in [0.29, 0.717) is 10.6 Å². The average molecular weight is 330 g/mol. The van der Waals surface area contributed by atoms with Gasteiger partial charge in [-0.2, -0.15) is 0 Å². The van der Waals surface area contributed by atoms with Gasteiger partial charge in [-0.25, -0.2) is 8.42 Å². The Kier molecular flexibility index (Phi) is 4.57.